The minimum absolute atomic E-state index is 0.000497. The number of carbonyl (C=O) groups excluding carboxylic acids is 3. The van der Waals surface area contributed by atoms with E-state index in [4.69, 9.17) is 0 Å². The molecule has 1 N–H and O–H groups in total. The zero-order valence-corrected chi connectivity index (χ0v) is 26.2. The van der Waals surface area contributed by atoms with Crippen LogP contribution in [0.3, 0.4) is 0 Å². The lowest BCUT2D eigenvalue weighted by Gasteiger charge is -2.46. The van der Waals surface area contributed by atoms with Crippen LogP contribution in [0.4, 0.5) is 0 Å². The van der Waals surface area contributed by atoms with E-state index in [0.29, 0.717) is 19.6 Å². The van der Waals surface area contributed by atoms with Gasteiger partial charge in [-0.1, -0.05) is 65.8 Å². The molecular formula is C31H49N3O4S. The Kier molecular flexibility index (Phi) is 7.92. The first kappa shape index (κ1) is 30.2. The summed E-state index contributed by atoms with van der Waals surface area (Å²) in [6.45, 7) is 20.2. The highest BCUT2D eigenvalue weighted by Gasteiger charge is 2.74. The molecule has 6 atom stereocenters. The summed E-state index contributed by atoms with van der Waals surface area (Å²) in [6, 6.07) is -1.30. The van der Waals surface area contributed by atoms with E-state index in [2.05, 4.69) is 72.8 Å². The maximum Gasteiger partial charge on any atom is 0.247 e. The summed E-state index contributed by atoms with van der Waals surface area (Å²) < 4.78 is -1.50. The number of aliphatic hydroxyl groups excluding tert-OH is 1. The smallest absolute Gasteiger partial charge is 0.247 e. The first-order valence-corrected chi connectivity index (χ1v) is 15.4. The Morgan fingerprint density at radius 2 is 1.64 bits per heavy atom. The SMILES string of the molecule is CCCN1CC=C[C@@]2(C)S[C@]34C=CCN(C(C)(C)CC(C)(C)C)C(=O)C3N([C@@H](CO)C(C)C)C(=O)[C@@H]4[C@H]2C1=O. The normalized spacial score (nSPS) is 33.9. The number of thioether (sulfide) groups is 1. The van der Waals surface area contributed by atoms with Crippen molar-refractivity contribution in [3.8, 4) is 0 Å². The number of aliphatic hydroxyl groups is 1. The Hall–Kier alpha value is -1.80. The number of likely N-dealkylation sites (tertiary alicyclic amines) is 1. The number of hydrogen-bond acceptors (Lipinski definition) is 5. The van der Waals surface area contributed by atoms with Crippen molar-refractivity contribution in [3.63, 3.8) is 0 Å². The maximum atomic E-state index is 14.8. The van der Waals surface area contributed by atoms with E-state index >= 15 is 0 Å². The van der Waals surface area contributed by atoms with Crippen LogP contribution in [0.15, 0.2) is 24.3 Å². The van der Waals surface area contributed by atoms with Gasteiger partial charge in [0.1, 0.15) is 6.04 Å². The summed E-state index contributed by atoms with van der Waals surface area (Å²) >= 11 is 1.61. The summed E-state index contributed by atoms with van der Waals surface area (Å²) in [4.78, 5) is 49.1. The maximum absolute atomic E-state index is 14.8. The first-order valence-electron chi connectivity index (χ1n) is 14.6. The average Bonchev–Trinajstić information content (AvgIpc) is 3.06. The third-order valence-corrected chi connectivity index (χ3v) is 10.9. The number of fused-ring (bicyclic) bond motifs is 2. The zero-order chi connectivity index (χ0) is 29.1. The van der Waals surface area contributed by atoms with Crippen molar-refractivity contribution in [2.75, 3.05) is 26.2 Å². The molecule has 4 rings (SSSR count). The quantitative estimate of drug-likeness (QED) is 0.475. The summed E-state index contributed by atoms with van der Waals surface area (Å²) in [5.41, 5.74) is -0.449. The third kappa shape index (κ3) is 4.87. The molecule has 39 heavy (non-hydrogen) atoms. The molecule has 218 valence electrons. The van der Waals surface area contributed by atoms with E-state index in [-0.39, 0.29) is 35.7 Å². The molecule has 1 unspecified atom stereocenters. The van der Waals surface area contributed by atoms with Crippen LogP contribution in [0, 0.1) is 23.2 Å². The van der Waals surface area contributed by atoms with Gasteiger partial charge in [0.05, 0.1) is 29.2 Å². The number of carbonyl (C=O) groups is 3. The molecule has 2 saturated heterocycles. The van der Waals surface area contributed by atoms with Gasteiger partial charge in [0.2, 0.25) is 17.7 Å². The molecule has 4 aliphatic heterocycles. The van der Waals surface area contributed by atoms with Crippen LogP contribution in [0.1, 0.15) is 75.2 Å². The molecule has 8 heteroatoms. The second kappa shape index (κ2) is 10.2. The molecule has 4 aliphatic rings. The van der Waals surface area contributed by atoms with Crippen molar-refractivity contribution in [3.05, 3.63) is 24.3 Å². The van der Waals surface area contributed by atoms with E-state index in [1.807, 2.05) is 23.6 Å². The van der Waals surface area contributed by atoms with Crippen molar-refractivity contribution in [2.45, 2.75) is 102 Å². The molecule has 0 aromatic heterocycles. The number of amides is 3. The van der Waals surface area contributed by atoms with Gasteiger partial charge in [-0.15, -0.1) is 11.8 Å². The van der Waals surface area contributed by atoms with Crippen LogP contribution in [-0.2, 0) is 14.4 Å². The summed E-state index contributed by atoms with van der Waals surface area (Å²) in [7, 11) is 0. The second-order valence-electron chi connectivity index (χ2n) is 14.3. The van der Waals surface area contributed by atoms with Gasteiger partial charge in [-0.05, 0) is 44.9 Å². The van der Waals surface area contributed by atoms with Crippen LogP contribution < -0.4 is 0 Å². The molecule has 1 spiro atoms. The Morgan fingerprint density at radius 1 is 1.00 bits per heavy atom. The summed E-state index contributed by atoms with van der Waals surface area (Å²) in [5, 5.41) is 10.5. The van der Waals surface area contributed by atoms with Crippen molar-refractivity contribution in [1.82, 2.24) is 14.7 Å². The van der Waals surface area contributed by atoms with Gasteiger partial charge in [0.15, 0.2) is 0 Å². The summed E-state index contributed by atoms with van der Waals surface area (Å²) in [6.07, 6.45) is 9.93. The Balaban J connectivity index is 1.90. The Labute approximate surface area is 239 Å². The lowest BCUT2D eigenvalue weighted by molar-refractivity contribution is -0.150. The fraction of sp³-hybridized carbons (Fsp3) is 0.774. The van der Waals surface area contributed by atoms with E-state index in [1.165, 1.54) is 0 Å². The molecular weight excluding hydrogens is 510 g/mol. The van der Waals surface area contributed by atoms with E-state index < -0.39 is 39.0 Å². The standard InChI is InChI=1S/C31H49N3O4S/c1-10-15-32-16-11-13-30(9)22(25(32)36)23-26(37)34(21(18-35)20(2)3)24-27(38)33(17-12-14-31(23,24)39-30)29(7,8)19-28(4,5)6/h11-14,20-24,35H,10,15-19H2,1-9H3/t21-,22-,23-,24?,30+,31-/m0/s1. The largest absolute Gasteiger partial charge is 0.394 e. The lowest BCUT2D eigenvalue weighted by Crippen LogP contribution is -2.61. The molecule has 0 aromatic rings. The number of rotatable bonds is 7. The second-order valence-corrected chi connectivity index (χ2v) is 16.1. The van der Waals surface area contributed by atoms with Crippen molar-refractivity contribution in [2.24, 2.45) is 23.2 Å². The molecule has 0 bridgehead atoms. The van der Waals surface area contributed by atoms with Gasteiger partial charge >= 0.3 is 0 Å². The first-order chi connectivity index (χ1) is 18.0. The van der Waals surface area contributed by atoms with Crippen LogP contribution in [0.5, 0.6) is 0 Å². The zero-order valence-electron chi connectivity index (χ0n) is 25.4. The highest BCUT2D eigenvalue weighted by molar-refractivity contribution is 8.02. The molecule has 0 saturated carbocycles. The lowest BCUT2D eigenvalue weighted by atomic mass is 9.74. The van der Waals surface area contributed by atoms with Crippen LogP contribution >= 0.6 is 11.8 Å². The molecule has 0 aromatic carbocycles. The molecule has 0 radical (unpaired) electrons. The molecule has 0 aliphatic carbocycles. The fourth-order valence-electron chi connectivity index (χ4n) is 7.90. The van der Waals surface area contributed by atoms with Crippen molar-refractivity contribution < 1.29 is 19.5 Å². The minimum Gasteiger partial charge on any atom is -0.394 e. The Bertz CT molecular complexity index is 1060. The van der Waals surface area contributed by atoms with Gasteiger partial charge in [0.25, 0.3) is 0 Å². The van der Waals surface area contributed by atoms with Crippen LogP contribution in [0.25, 0.3) is 0 Å². The van der Waals surface area contributed by atoms with E-state index in [9.17, 15) is 19.5 Å². The predicted octanol–water partition coefficient (Wildman–Crippen LogP) is 4.11. The predicted molar refractivity (Wildman–Crippen MR) is 157 cm³/mol. The molecule has 7 nitrogen and oxygen atoms in total. The molecule has 4 heterocycles. The van der Waals surface area contributed by atoms with Gasteiger partial charge in [-0.2, -0.15) is 0 Å². The monoisotopic (exact) mass is 559 g/mol. The fourth-order valence-corrected chi connectivity index (χ4v) is 10.0. The van der Waals surface area contributed by atoms with Gasteiger partial charge in [-0.25, -0.2) is 0 Å². The van der Waals surface area contributed by atoms with Crippen molar-refractivity contribution >= 4 is 29.5 Å². The average molecular weight is 560 g/mol. The molecule has 3 amide bonds. The van der Waals surface area contributed by atoms with E-state index in [0.717, 1.165) is 12.8 Å². The van der Waals surface area contributed by atoms with Crippen LogP contribution in [0.2, 0.25) is 0 Å². The van der Waals surface area contributed by atoms with Gasteiger partial charge in [-0.3, -0.25) is 14.4 Å². The van der Waals surface area contributed by atoms with Crippen LogP contribution in [-0.4, -0.2) is 90.9 Å². The Morgan fingerprint density at radius 3 is 2.21 bits per heavy atom. The topological polar surface area (TPSA) is 81.2 Å². The summed E-state index contributed by atoms with van der Waals surface area (Å²) in [5.74, 6) is -1.57. The number of hydrogen-bond donors (Lipinski definition) is 1. The highest BCUT2D eigenvalue weighted by atomic mass is 32.2. The van der Waals surface area contributed by atoms with Gasteiger partial charge in [0, 0.05) is 29.9 Å². The van der Waals surface area contributed by atoms with Crippen molar-refractivity contribution in [1.29, 1.82) is 0 Å². The minimum atomic E-state index is -0.891. The van der Waals surface area contributed by atoms with Gasteiger partial charge < -0.3 is 19.8 Å². The molecule has 2 fully saturated rings. The number of nitrogens with zero attached hydrogens (tertiary/aromatic N) is 3. The third-order valence-electron chi connectivity index (χ3n) is 9.08. The van der Waals surface area contributed by atoms with E-state index in [1.54, 1.807) is 16.7 Å². The highest BCUT2D eigenvalue weighted by Crippen LogP contribution is 2.66.